The molecule has 0 spiro atoms. The van der Waals surface area contributed by atoms with Crippen molar-refractivity contribution in [1.29, 1.82) is 0 Å². The summed E-state index contributed by atoms with van der Waals surface area (Å²) >= 11 is 3.44. The molecule has 3 aromatic rings. The van der Waals surface area contributed by atoms with Crippen LogP contribution in [0.4, 0.5) is 0 Å². The van der Waals surface area contributed by atoms with Crippen molar-refractivity contribution in [3.05, 3.63) is 87.4 Å². The predicted molar refractivity (Wildman–Crippen MR) is 138 cm³/mol. The monoisotopic (exact) mass is 509 g/mol. The normalized spacial score (nSPS) is 12.1. The van der Waals surface area contributed by atoms with Gasteiger partial charge in [0.1, 0.15) is 12.4 Å². The van der Waals surface area contributed by atoms with Crippen LogP contribution in [0.15, 0.2) is 70.0 Å². The zero-order valence-electron chi connectivity index (χ0n) is 19.2. The molecule has 7 heteroatoms. The van der Waals surface area contributed by atoms with Gasteiger partial charge in [0.05, 0.1) is 24.2 Å². The lowest BCUT2D eigenvalue weighted by molar-refractivity contribution is 0.323. The van der Waals surface area contributed by atoms with Gasteiger partial charge in [0.15, 0.2) is 11.5 Å². The van der Waals surface area contributed by atoms with Crippen molar-refractivity contribution < 1.29 is 9.47 Å². The Morgan fingerprint density at radius 2 is 2.03 bits per heavy atom. The van der Waals surface area contributed by atoms with Gasteiger partial charge in [0.2, 0.25) is 0 Å². The van der Waals surface area contributed by atoms with Crippen LogP contribution in [0.2, 0.25) is 0 Å². The molecule has 0 aliphatic carbocycles. The molecule has 0 saturated carbocycles. The van der Waals surface area contributed by atoms with Gasteiger partial charge in [-0.1, -0.05) is 48.5 Å². The van der Waals surface area contributed by atoms with Crippen LogP contribution in [0.3, 0.4) is 0 Å². The molecule has 0 fully saturated rings. The molecule has 0 N–H and O–H groups in total. The molecule has 6 nitrogen and oxygen atoms in total. The molecule has 33 heavy (non-hydrogen) atoms. The molecule has 0 unspecified atom stereocenters. The third-order valence-electron chi connectivity index (χ3n) is 5.29. The first kappa shape index (κ1) is 24.5. The lowest BCUT2D eigenvalue weighted by Crippen LogP contribution is -2.23. The first-order valence-electron chi connectivity index (χ1n) is 10.8. The second kappa shape index (κ2) is 11.1. The van der Waals surface area contributed by atoms with Crippen molar-refractivity contribution >= 4 is 33.0 Å². The van der Waals surface area contributed by atoms with E-state index in [4.69, 9.17) is 14.5 Å². The van der Waals surface area contributed by atoms with Gasteiger partial charge in [0.25, 0.3) is 5.56 Å². The van der Waals surface area contributed by atoms with Gasteiger partial charge < -0.3 is 9.47 Å². The molecule has 1 heterocycles. The van der Waals surface area contributed by atoms with Crippen LogP contribution in [0.1, 0.15) is 43.1 Å². The van der Waals surface area contributed by atoms with Gasteiger partial charge >= 0.3 is 0 Å². The van der Waals surface area contributed by atoms with Gasteiger partial charge in [-0.15, -0.1) is 6.58 Å². The Bertz CT molecular complexity index is 1260. The number of halogens is 1. The number of hydrogen-bond donors (Lipinski definition) is 0. The van der Waals surface area contributed by atoms with E-state index in [1.165, 1.54) is 4.68 Å². The average Bonchev–Trinajstić information content (AvgIpc) is 2.82. The highest BCUT2D eigenvalue weighted by molar-refractivity contribution is 9.10. The maximum Gasteiger partial charge on any atom is 0.282 e. The fourth-order valence-electron chi connectivity index (χ4n) is 3.43. The Labute approximate surface area is 202 Å². The lowest BCUT2D eigenvalue weighted by atomic mass is 10.1. The Morgan fingerprint density at radius 1 is 1.24 bits per heavy atom. The molecule has 172 valence electrons. The Balaban J connectivity index is 2.15. The van der Waals surface area contributed by atoms with E-state index in [1.807, 2.05) is 31.2 Å². The molecule has 3 rings (SSSR count). The van der Waals surface area contributed by atoms with Crippen LogP contribution in [-0.4, -0.2) is 29.6 Å². The molecule has 1 atom stereocenters. The largest absolute Gasteiger partial charge is 0.493 e. The van der Waals surface area contributed by atoms with E-state index in [0.717, 1.165) is 22.0 Å². The smallest absolute Gasteiger partial charge is 0.282 e. The van der Waals surface area contributed by atoms with E-state index in [1.54, 1.807) is 31.5 Å². The van der Waals surface area contributed by atoms with E-state index in [9.17, 15) is 4.79 Å². The second-order valence-corrected chi connectivity index (χ2v) is 8.52. The highest BCUT2D eigenvalue weighted by atomic mass is 79.9. The van der Waals surface area contributed by atoms with E-state index < -0.39 is 0 Å². The Hall–Kier alpha value is -3.19. The minimum absolute atomic E-state index is 0.0587. The maximum atomic E-state index is 13.3. The molecule has 2 aromatic carbocycles. The SMILES string of the molecule is C=CCOc1c(CC=C)cc(C=Nn2c([C@H](C)CC)nc3ccc(Br)cc3c2=O)cc1OC. The number of rotatable bonds is 10. The van der Waals surface area contributed by atoms with E-state index in [2.05, 4.69) is 41.1 Å². The average molecular weight is 510 g/mol. The number of nitrogens with zero attached hydrogens (tertiary/aromatic N) is 3. The van der Waals surface area contributed by atoms with Crippen LogP contribution in [0.5, 0.6) is 11.5 Å². The Morgan fingerprint density at radius 3 is 2.70 bits per heavy atom. The summed E-state index contributed by atoms with van der Waals surface area (Å²) in [5.74, 6) is 1.90. The Kier molecular flexibility index (Phi) is 8.22. The van der Waals surface area contributed by atoms with Crippen LogP contribution in [0, 0.1) is 0 Å². The second-order valence-electron chi connectivity index (χ2n) is 7.61. The van der Waals surface area contributed by atoms with Crippen LogP contribution in [-0.2, 0) is 6.42 Å². The molecule has 0 aliphatic rings. The van der Waals surface area contributed by atoms with Crippen LogP contribution >= 0.6 is 15.9 Å². The molecule has 0 saturated heterocycles. The summed E-state index contributed by atoms with van der Waals surface area (Å²) < 4.78 is 13.6. The van der Waals surface area contributed by atoms with Crippen molar-refractivity contribution in [3.63, 3.8) is 0 Å². The van der Waals surface area contributed by atoms with Crippen LogP contribution < -0.4 is 15.0 Å². The third kappa shape index (κ3) is 5.42. The molecule has 0 amide bonds. The van der Waals surface area contributed by atoms with E-state index >= 15 is 0 Å². The molecule has 0 bridgehead atoms. The zero-order chi connectivity index (χ0) is 24.0. The standard InChI is InChI=1S/C26H28BrN3O3/c1-6-9-19-13-18(14-23(32-5)24(19)33-12-7-2)16-28-30-25(17(4)8-3)29-22-11-10-20(27)15-21(22)26(30)31/h6-7,10-11,13-17H,1-2,8-9,12H2,3-5H3/t17-/m1/s1. The number of fused-ring (bicyclic) bond motifs is 1. The zero-order valence-corrected chi connectivity index (χ0v) is 20.8. The van der Waals surface area contributed by atoms with Crippen molar-refractivity contribution in [2.24, 2.45) is 5.10 Å². The van der Waals surface area contributed by atoms with Crippen molar-refractivity contribution in [2.45, 2.75) is 32.6 Å². The molecule has 0 aliphatic heterocycles. The molecular formula is C26H28BrN3O3. The summed E-state index contributed by atoms with van der Waals surface area (Å²) in [7, 11) is 1.59. The molecular weight excluding hydrogens is 482 g/mol. The molecule has 0 radical (unpaired) electrons. The minimum atomic E-state index is -0.211. The first-order valence-corrected chi connectivity index (χ1v) is 11.5. The molecule has 1 aromatic heterocycles. The summed E-state index contributed by atoms with van der Waals surface area (Å²) in [5, 5.41) is 5.06. The highest BCUT2D eigenvalue weighted by Gasteiger charge is 2.16. The summed E-state index contributed by atoms with van der Waals surface area (Å²) in [5.41, 5.74) is 2.12. The summed E-state index contributed by atoms with van der Waals surface area (Å²) in [6.07, 6.45) is 6.55. The summed E-state index contributed by atoms with van der Waals surface area (Å²) in [6, 6.07) is 9.27. The number of hydrogen-bond acceptors (Lipinski definition) is 5. The van der Waals surface area contributed by atoms with Gasteiger partial charge in [-0.2, -0.15) is 9.78 Å². The third-order valence-corrected chi connectivity index (χ3v) is 5.79. The van der Waals surface area contributed by atoms with Gasteiger partial charge in [-0.25, -0.2) is 4.98 Å². The van der Waals surface area contributed by atoms with Gasteiger partial charge in [0, 0.05) is 16.0 Å². The van der Waals surface area contributed by atoms with Gasteiger partial charge in [-0.05, 0) is 48.7 Å². The maximum absolute atomic E-state index is 13.3. The number of allylic oxidation sites excluding steroid dienone is 1. The number of methoxy groups -OCH3 is 1. The topological polar surface area (TPSA) is 65.7 Å². The summed E-state index contributed by atoms with van der Waals surface area (Å²) in [4.78, 5) is 18.1. The van der Waals surface area contributed by atoms with Gasteiger partial charge in [-0.3, -0.25) is 4.79 Å². The highest BCUT2D eigenvalue weighted by Crippen LogP contribution is 2.33. The number of aromatic nitrogens is 2. The lowest BCUT2D eigenvalue weighted by Gasteiger charge is -2.15. The van der Waals surface area contributed by atoms with Crippen molar-refractivity contribution in [1.82, 2.24) is 9.66 Å². The first-order chi connectivity index (χ1) is 15.9. The predicted octanol–water partition coefficient (Wildman–Crippen LogP) is 5.86. The fourth-order valence-corrected chi connectivity index (χ4v) is 3.79. The fraction of sp³-hybridized carbons (Fsp3) is 0.269. The summed E-state index contributed by atoms with van der Waals surface area (Å²) in [6.45, 7) is 12.0. The quantitative estimate of drug-likeness (QED) is 0.253. The van der Waals surface area contributed by atoms with E-state index in [0.29, 0.717) is 41.3 Å². The minimum Gasteiger partial charge on any atom is -0.493 e. The van der Waals surface area contributed by atoms with Crippen molar-refractivity contribution in [2.75, 3.05) is 13.7 Å². The van der Waals surface area contributed by atoms with E-state index in [-0.39, 0.29) is 11.5 Å². The van der Waals surface area contributed by atoms with Crippen LogP contribution in [0.25, 0.3) is 10.9 Å². The van der Waals surface area contributed by atoms with Crippen molar-refractivity contribution in [3.8, 4) is 11.5 Å². The number of benzene rings is 2. The number of ether oxygens (including phenoxy) is 2.